The zero-order chi connectivity index (χ0) is 13.3. The molecule has 1 N–H and O–H groups in total. The lowest BCUT2D eigenvalue weighted by Gasteiger charge is -2.16. The molecule has 3 heteroatoms. The van der Waals surface area contributed by atoms with Gasteiger partial charge in [-0.25, -0.2) is 0 Å². The summed E-state index contributed by atoms with van der Waals surface area (Å²) in [6.45, 7) is 3.87. The Morgan fingerprint density at radius 3 is 2.17 bits per heavy atom. The van der Waals surface area contributed by atoms with Crippen molar-refractivity contribution in [1.29, 1.82) is 0 Å². The van der Waals surface area contributed by atoms with Gasteiger partial charge in [-0.2, -0.15) is 0 Å². The second-order valence-corrected chi connectivity index (χ2v) is 5.26. The Kier molecular flexibility index (Phi) is 3.96. The van der Waals surface area contributed by atoms with Gasteiger partial charge in [0.25, 0.3) is 0 Å². The number of benzene rings is 2. The van der Waals surface area contributed by atoms with Crippen LogP contribution in [0.1, 0.15) is 28.4 Å². The van der Waals surface area contributed by atoms with Gasteiger partial charge in [-0.3, -0.25) is 0 Å². The molecule has 0 fully saturated rings. The van der Waals surface area contributed by atoms with Crippen LogP contribution in [0.15, 0.2) is 36.4 Å². The SMILES string of the molecule is Cc1cc(C(O)c2ccc(Cl)cc2)c(C)cc1Cl. The van der Waals surface area contributed by atoms with Crippen LogP contribution in [-0.2, 0) is 0 Å². The molecule has 0 saturated heterocycles. The topological polar surface area (TPSA) is 20.2 Å². The molecule has 2 aromatic carbocycles. The van der Waals surface area contributed by atoms with Crippen molar-refractivity contribution in [3.8, 4) is 0 Å². The van der Waals surface area contributed by atoms with Crippen LogP contribution in [0.3, 0.4) is 0 Å². The first kappa shape index (κ1) is 13.4. The quantitative estimate of drug-likeness (QED) is 0.846. The fourth-order valence-electron chi connectivity index (χ4n) is 1.92. The van der Waals surface area contributed by atoms with Crippen LogP contribution in [0.4, 0.5) is 0 Å². The first-order valence-corrected chi connectivity index (χ1v) is 6.45. The first-order chi connectivity index (χ1) is 8.49. The summed E-state index contributed by atoms with van der Waals surface area (Å²) in [6.07, 6.45) is -0.654. The number of aryl methyl sites for hydroxylation is 2. The third-order valence-electron chi connectivity index (χ3n) is 3.03. The van der Waals surface area contributed by atoms with E-state index < -0.39 is 6.10 Å². The summed E-state index contributed by atoms with van der Waals surface area (Å²) < 4.78 is 0. The van der Waals surface area contributed by atoms with E-state index in [2.05, 4.69) is 0 Å². The Morgan fingerprint density at radius 1 is 0.944 bits per heavy atom. The van der Waals surface area contributed by atoms with Crippen molar-refractivity contribution in [2.24, 2.45) is 0 Å². The number of rotatable bonds is 2. The molecule has 1 unspecified atom stereocenters. The zero-order valence-corrected chi connectivity index (χ0v) is 11.8. The smallest absolute Gasteiger partial charge is 0.104 e. The summed E-state index contributed by atoms with van der Waals surface area (Å²) in [6, 6.07) is 11.0. The average molecular weight is 281 g/mol. The van der Waals surface area contributed by atoms with Gasteiger partial charge in [0.15, 0.2) is 0 Å². The van der Waals surface area contributed by atoms with Crippen LogP contribution in [0.25, 0.3) is 0 Å². The molecule has 0 spiro atoms. The molecular weight excluding hydrogens is 267 g/mol. The first-order valence-electron chi connectivity index (χ1n) is 5.69. The molecule has 94 valence electrons. The second-order valence-electron chi connectivity index (χ2n) is 4.41. The predicted octanol–water partition coefficient (Wildman–Crippen LogP) is 4.69. The van der Waals surface area contributed by atoms with Gasteiger partial charge in [-0.1, -0.05) is 41.4 Å². The lowest BCUT2D eigenvalue weighted by Crippen LogP contribution is -2.02. The Labute approximate surface area is 117 Å². The highest BCUT2D eigenvalue weighted by atomic mass is 35.5. The number of aliphatic hydroxyl groups excluding tert-OH is 1. The molecular formula is C15H14Cl2O. The molecule has 0 heterocycles. The monoisotopic (exact) mass is 280 g/mol. The van der Waals surface area contributed by atoms with Crippen molar-refractivity contribution in [3.05, 3.63) is 68.7 Å². The molecule has 0 saturated carbocycles. The van der Waals surface area contributed by atoms with E-state index in [0.717, 1.165) is 27.3 Å². The van der Waals surface area contributed by atoms with Gasteiger partial charge >= 0.3 is 0 Å². The van der Waals surface area contributed by atoms with Gasteiger partial charge in [-0.05, 0) is 54.3 Å². The molecule has 0 aliphatic rings. The molecule has 0 amide bonds. The van der Waals surface area contributed by atoms with Gasteiger partial charge in [0.1, 0.15) is 6.10 Å². The molecule has 18 heavy (non-hydrogen) atoms. The molecule has 1 nitrogen and oxygen atoms in total. The highest BCUT2D eigenvalue weighted by Gasteiger charge is 2.14. The Bertz CT molecular complexity index is 561. The van der Waals surface area contributed by atoms with Gasteiger partial charge in [0.2, 0.25) is 0 Å². The molecule has 0 radical (unpaired) electrons. The van der Waals surface area contributed by atoms with E-state index in [-0.39, 0.29) is 0 Å². The fraction of sp³-hybridized carbons (Fsp3) is 0.200. The minimum absolute atomic E-state index is 0.654. The summed E-state index contributed by atoms with van der Waals surface area (Å²) in [5.74, 6) is 0. The van der Waals surface area contributed by atoms with E-state index in [1.54, 1.807) is 12.1 Å². The Balaban J connectivity index is 2.42. The third-order valence-corrected chi connectivity index (χ3v) is 3.69. The molecule has 0 aliphatic heterocycles. The van der Waals surface area contributed by atoms with E-state index in [0.29, 0.717) is 5.02 Å². The Morgan fingerprint density at radius 2 is 1.56 bits per heavy atom. The number of halogens is 2. The number of hydrogen-bond acceptors (Lipinski definition) is 1. The van der Waals surface area contributed by atoms with Gasteiger partial charge in [-0.15, -0.1) is 0 Å². The van der Waals surface area contributed by atoms with Crippen molar-refractivity contribution in [2.75, 3.05) is 0 Å². The highest BCUT2D eigenvalue weighted by Crippen LogP contribution is 2.29. The molecule has 1 atom stereocenters. The summed E-state index contributed by atoms with van der Waals surface area (Å²) in [5.41, 5.74) is 3.64. The Hall–Kier alpha value is -1.02. The summed E-state index contributed by atoms with van der Waals surface area (Å²) in [7, 11) is 0. The van der Waals surface area contributed by atoms with E-state index in [1.807, 2.05) is 38.1 Å². The van der Waals surface area contributed by atoms with Crippen molar-refractivity contribution in [3.63, 3.8) is 0 Å². The molecule has 2 aromatic rings. The summed E-state index contributed by atoms with van der Waals surface area (Å²) in [5, 5.41) is 11.8. The van der Waals surface area contributed by atoms with Crippen LogP contribution in [0, 0.1) is 13.8 Å². The fourth-order valence-corrected chi connectivity index (χ4v) is 2.27. The van der Waals surface area contributed by atoms with Crippen LogP contribution < -0.4 is 0 Å². The highest BCUT2D eigenvalue weighted by molar-refractivity contribution is 6.31. The molecule has 0 bridgehead atoms. The normalized spacial score (nSPS) is 12.5. The molecule has 0 aromatic heterocycles. The van der Waals surface area contributed by atoms with E-state index in [9.17, 15) is 5.11 Å². The second kappa shape index (κ2) is 5.31. The van der Waals surface area contributed by atoms with Crippen molar-refractivity contribution in [2.45, 2.75) is 20.0 Å². The van der Waals surface area contributed by atoms with Crippen LogP contribution in [-0.4, -0.2) is 5.11 Å². The van der Waals surface area contributed by atoms with Gasteiger partial charge in [0, 0.05) is 10.0 Å². The van der Waals surface area contributed by atoms with E-state index >= 15 is 0 Å². The van der Waals surface area contributed by atoms with Crippen molar-refractivity contribution in [1.82, 2.24) is 0 Å². The van der Waals surface area contributed by atoms with Crippen LogP contribution >= 0.6 is 23.2 Å². The maximum absolute atomic E-state index is 10.4. The minimum Gasteiger partial charge on any atom is -0.384 e. The number of hydrogen-bond donors (Lipinski definition) is 1. The van der Waals surface area contributed by atoms with Gasteiger partial charge < -0.3 is 5.11 Å². The third kappa shape index (κ3) is 2.69. The predicted molar refractivity (Wildman–Crippen MR) is 76.4 cm³/mol. The summed E-state index contributed by atoms with van der Waals surface area (Å²) in [4.78, 5) is 0. The van der Waals surface area contributed by atoms with Crippen molar-refractivity contribution >= 4 is 23.2 Å². The van der Waals surface area contributed by atoms with Crippen LogP contribution in [0.5, 0.6) is 0 Å². The van der Waals surface area contributed by atoms with E-state index in [1.165, 1.54) is 0 Å². The lowest BCUT2D eigenvalue weighted by molar-refractivity contribution is 0.219. The van der Waals surface area contributed by atoms with Crippen LogP contribution in [0.2, 0.25) is 10.0 Å². The molecule has 0 aliphatic carbocycles. The molecule has 2 rings (SSSR count). The van der Waals surface area contributed by atoms with Crippen molar-refractivity contribution < 1.29 is 5.11 Å². The lowest BCUT2D eigenvalue weighted by atomic mass is 9.96. The maximum Gasteiger partial charge on any atom is 0.104 e. The maximum atomic E-state index is 10.4. The standard InChI is InChI=1S/C15H14Cl2O/c1-9-8-14(17)10(2)7-13(9)15(18)11-3-5-12(16)6-4-11/h3-8,15,18H,1-2H3. The zero-order valence-electron chi connectivity index (χ0n) is 10.2. The summed E-state index contributed by atoms with van der Waals surface area (Å²) >= 11 is 11.9. The average Bonchev–Trinajstić information content (AvgIpc) is 2.34. The largest absolute Gasteiger partial charge is 0.384 e. The van der Waals surface area contributed by atoms with Gasteiger partial charge in [0.05, 0.1) is 0 Å². The minimum atomic E-state index is -0.654. The number of aliphatic hydroxyl groups is 1. The van der Waals surface area contributed by atoms with E-state index in [4.69, 9.17) is 23.2 Å².